The first-order valence-electron chi connectivity index (χ1n) is 6.23. The van der Waals surface area contributed by atoms with E-state index < -0.39 is 24.2 Å². The van der Waals surface area contributed by atoms with Gasteiger partial charge in [0.1, 0.15) is 5.69 Å². The van der Waals surface area contributed by atoms with Gasteiger partial charge in [0.2, 0.25) is 0 Å². The van der Waals surface area contributed by atoms with Gasteiger partial charge in [-0.3, -0.25) is 0 Å². The largest absolute Gasteiger partial charge is 0.433 e. The first-order chi connectivity index (χ1) is 10.6. The fourth-order valence-corrected chi connectivity index (χ4v) is 1.78. The molecule has 0 radical (unpaired) electrons. The van der Waals surface area contributed by atoms with Crippen LogP contribution in [0.25, 0.3) is 0 Å². The fourth-order valence-electron chi connectivity index (χ4n) is 1.78. The number of allylic oxidation sites excluding steroid dienone is 3. The molecule has 1 aromatic heterocycles. The van der Waals surface area contributed by atoms with Gasteiger partial charge in [-0.2, -0.15) is 26.3 Å². The first-order valence-corrected chi connectivity index (χ1v) is 6.23. The predicted octanol–water partition coefficient (Wildman–Crippen LogP) is 3.80. The molecule has 0 aromatic carbocycles. The highest BCUT2D eigenvalue weighted by molar-refractivity contribution is 5.59. The molecule has 1 aliphatic heterocycles. The second-order valence-electron chi connectivity index (χ2n) is 4.55. The van der Waals surface area contributed by atoms with E-state index in [1.807, 2.05) is 0 Å². The van der Waals surface area contributed by atoms with Crippen molar-refractivity contribution in [2.75, 3.05) is 4.90 Å². The van der Waals surface area contributed by atoms with E-state index in [4.69, 9.17) is 5.11 Å². The van der Waals surface area contributed by atoms with E-state index in [9.17, 15) is 26.3 Å². The molecule has 2 heterocycles. The summed E-state index contributed by atoms with van der Waals surface area (Å²) in [5.74, 6) is 0. The fraction of sp³-hybridized carbons (Fsp3) is 0.214. The van der Waals surface area contributed by atoms with Crippen molar-refractivity contribution < 1.29 is 31.4 Å². The Balaban J connectivity index is 2.31. The van der Waals surface area contributed by atoms with Crippen LogP contribution in [0.1, 0.15) is 5.69 Å². The summed E-state index contributed by atoms with van der Waals surface area (Å²) < 4.78 is 74.7. The Morgan fingerprint density at radius 1 is 1.09 bits per heavy atom. The van der Waals surface area contributed by atoms with Crippen LogP contribution in [0.4, 0.5) is 32.0 Å². The molecular weight excluding hydrogens is 326 g/mol. The van der Waals surface area contributed by atoms with Crippen molar-refractivity contribution in [3.8, 4) is 0 Å². The number of aromatic nitrogens is 1. The molecule has 9 heteroatoms. The second-order valence-corrected chi connectivity index (χ2v) is 4.55. The highest BCUT2D eigenvalue weighted by atomic mass is 19.4. The van der Waals surface area contributed by atoms with E-state index in [-0.39, 0.29) is 11.4 Å². The minimum absolute atomic E-state index is 0.0427. The molecule has 0 fully saturated rings. The van der Waals surface area contributed by atoms with Crippen molar-refractivity contribution in [1.29, 1.82) is 0 Å². The first kappa shape index (κ1) is 17.1. The van der Waals surface area contributed by atoms with Crippen molar-refractivity contribution in [3.63, 3.8) is 0 Å². The van der Waals surface area contributed by atoms with E-state index in [1.54, 1.807) is 0 Å². The lowest BCUT2D eigenvalue weighted by Gasteiger charge is -2.25. The van der Waals surface area contributed by atoms with E-state index in [0.29, 0.717) is 6.08 Å². The zero-order chi connectivity index (χ0) is 17.3. The lowest BCUT2D eigenvalue weighted by Crippen LogP contribution is -2.28. The zero-order valence-corrected chi connectivity index (χ0v) is 11.3. The average molecular weight is 336 g/mol. The van der Waals surface area contributed by atoms with Gasteiger partial charge in [0, 0.05) is 11.9 Å². The zero-order valence-electron chi connectivity index (χ0n) is 11.3. The average Bonchev–Trinajstić information content (AvgIpc) is 2.46. The summed E-state index contributed by atoms with van der Waals surface area (Å²) in [6.07, 6.45) is -5.16. The molecule has 2 rings (SSSR count). The van der Waals surface area contributed by atoms with Crippen LogP contribution in [0, 0.1) is 0 Å². The Labute approximate surface area is 126 Å². The SMILES string of the molecule is OC(/C=C1\C=CC=CN1c1ccc(C(F)(F)F)nc1)C(F)(F)F. The van der Waals surface area contributed by atoms with Crippen molar-refractivity contribution >= 4 is 5.69 Å². The molecule has 3 nitrogen and oxygen atoms in total. The summed E-state index contributed by atoms with van der Waals surface area (Å²) in [6, 6.07) is 1.80. The summed E-state index contributed by atoms with van der Waals surface area (Å²) >= 11 is 0. The molecule has 1 aliphatic rings. The molecule has 0 spiro atoms. The van der Waals surface area contributed by atoms with E-state index >= 15 is 0 Å². The number of hydrogen-bond donors (Lipinski definition) is 1. The number of hydrogen-bond acceptors (Lipinski definition) is 3. The van der Waals surface area contributed by atoms with Gasteiger partial charge < -0.3 is 10.0 Å². The summed E-state index contributed by atoms with van der Waals surface area (Å²) in [6.45, 7) is 0. The quantitative estimate of drug-likeness (QED) is 0.835. The Morgan fingerprint density at radius 3 is 2.30 bits per heavy atom. The van der Waals surface area contributed by atoms with Crippen LogP contribution in [0.5, 0.6) is 0 Å². The van der Waals surface area contributed by atoms with Crippen molar-refractivity contribution in [2.24, 2.45) is 0 Å². The number of alkyl halides is 6. The lowest BCUT2D eigenvalue weighted by molar-refractivity contribution is -0.187. The third-order valence-corrected chi connectivity index (χ3v) is 2.87. The number of anilines is 1. The van der Waals surface area contributed by atoms with Crippen LogP contribution in [0.3, 0.4) is 0 Å². The van der Waals surface area contributed by atoms with Crippen molar-refractivity contribution in [2.45, 2.75) is 18.5 Å². The summed E-state index contributed by atoms with van der Waals surface area (Å²) in [5.41, 5.74) is -1.03. The van der Waals surface area contributed by atoms with Gasteiger partial charge in [-0.1, -0.05) is 6.08 Å². The summed E-state index contributed by atoms with van der Waals surface area (Å²) in [4.78, 5) is 4.43. The lowest BCUT2D eigenvalue weighted by atomic mass is 10.2. The van der Waals surface area contributed by atoms with Gasteiger partial charge in [0.15, 0.2) is 6.10 Å². The molecule has 1 unspecified atom stereocenters. The Morgan fingerprint density at radius 2 is 1.78 bits per heavy atom. The molecule has 0 bridgehead atoms. The molecule has 1 atom stereocenters. The smallest absolute Gasteiger partial charge is 0.380 e. The molecule has 0 aliphatic carbocycles. The minimum Gasteiger partial charge on any atom is -0.380 e. The number of nitrogens with zero attached hydrogens (tertiary/aromatic N) is 2. The Hall–Kier alpha value is -2.29. The Kier molecular flexibility index (Phi) is 4.51. The van der Waals surface area contributed by atoms with Gasteiger partial charge in [-0.25, -0.2) is 4.98 Å². The molecule has 0 saturated heterocycles. The number of rotatable bonds is 2. The highest BCUT2D eigenvalue weighted by Crippen LogP contribution is 2.30. The third-order valence-electron chi connectivity index (χ3n) is 2.87. The van der Waals surface area contributed by atoms with Crippen LogP contribution in [0.2, 0.25) is 0 Å². The molecule has 0 saturated carbocycles. The number of aliphatic hydroxyl groups excluding tert-OH is 1. The molecule has 124 valence electrons. The van der Waals surface area contributed by atoms with Crippen molar-refractivity contribution in [1.82, 2.24) is 4.98 Å². The van der Waals surface area contributed by atoms with Crippen LogP contribution in [-0.2, 0) is 6.18 Å². The standard InChI is InChI=1S/C14H10F6N2O/c15-13(16,17)11-5-4-10(8-21-11)22-6-2-1-3-9(22)7-12(23)14(18,19)20/h1-8,12,23H/b9-7+. The predicted molar refractivity (Wildman–Crippen MR) is 70.1 cm³/mol. The second kappa shape index (κ2) is 6.07. The molecule has 0 amide bonds. The van der Waals surface area contributed by atoms with E-state index in [1.165, 1.54) is 29.3 Å². The molecular formula is C14H10F6N2O. The topological polar surface area (TPSA) is 36.4 Å². The number of pyridine rings is 1. The number of halogens is 6. The highest BCUT2D eigenvalue weighted by Gasteiger charge is 2.37. The van der Waals surface area contributed by atoms with Gasteiger partial charge in [0.05, 0.1) is 11.9 Å². The van der Waals surface area contributed by atoms with Crippen LogP contribution >= 0.6 is 0 Å². The van der Waals surface area contributed by atoms with E-state index in [2.05, 4.69) is 4.98 Å². The van der Waals surface area contributed by atoms with Gasteiger partial charge >= 0.3 is 12.4 Å². The van der Waals surface area contributed by atoms with Crippen LogP contribution in [-0.4, -0.2) is 22.4 Å². The molecule has 1 aromatic rings. The van der Waals surface area contributed by atoms with Gasteiger partial charge in [-0.05, 0) is 30.4 Å². The molecule has 1 N–H and O–H groups in total. The maximum Gasteiger partial charge on any atom is 0.433 e. The minimum atomic E-state index is -4.84. The molecule has 23 heavy (non-hydrogen) atoms. The van der Waals surface area contributed by atoms with Gasteiger partial charge in [0.25, 0.3) is 0 Å². The Bertz CT molecular complexity index is 643. The number of aliphatic hydroxyl groups is 1. The summed E-state index contributed by atoms with van der Waals surface area (Å²) in [5, 5.41) is 9.10. The maximum absolute atomic E-state index is 12.5. The van der Waals surface area contributed by atoms with Crippen LogP contribution in [0.15, 0.2) is 54.5 Å². The maximum atomic E-state index is 12.5. The summed E-state index contributed by atoms with van der Waals surface area (Å²) in [7, 11) is 0. The third kappa shape index (κ3) is 4.13. The normalized spacial score (nSPS) is 18.6. The van der Waals surface area contributed by atoms with Crippen LogP contribution < -0.4 is 4.90 Å². The van der Waals surface area contributed by atoms with Crippen molar-refractivity contribution in [3.05, 3.63) is 60.2 Å². The van der Waals surface area contributed by atoms with Gasteiger partial charge in [-0.15, -0.1) is 0 Å². The monoisotopic (exact) mass is 336 g/mol. The van der Waals surface area contributed by atoms with E-state index in [0.717, 1.165) is 18.3 Å².